The fraction of sp³-hybridized carbons (Fsp3) is 0.0714. The summed E-state index contributed by atoms with van der Waals surface area (Å²) in [7, 11) is 0. The van der Waals surface area contributed by atoms with Gasteiger partial charge in [0.25, 0.3) is 0 Å². The zero-order chi connectivity index (χ0) is 14.4. The Kier molecular flexibility index (Phi) is 2.90. The number of hydrogen-bond acceptors (Lipinski definition) is 1. The van der Waals surface area contributed by atoms with Gasteiger partial charge in [-0.3, -0.25) is 4.57 Å². The van der Waals surface area contributed by atoms with E-state index in [2.05, 4.69) is 4.98 Å². The number of benzene rings is 2. The normalized spacial score (nSPS) is 11.2. The molecule has 0 aliphatic rings. The van der Waals surface area contributed by atoms with E-state index in [-0.39, 0.29) is 16.0 Å². The van der Waals surface area contributed by atoms with E-state index in [9.17, 15) is 13.2 Å². The lowest BCUT2D eigenvalue weighted by atomic mass is 10.2. The average molecular weight is 294 g/mol. The first-order chi connectivity index (χ1) is 9.50. The van der Waals surface area contributed by atoms with Gasteiger partial charge in [-0.15, -0.1) is 0 Å². The first-order valence-electron chi connectivity index (χ1n) is 5.85. The Morgan fingerprint density at radius 2 is 1.80 bits per heavy atom. The molecule has 1 heterocycles. The molecular formula is C14H9F3N2S. The Bertz CT molecular complexity index is 860. The molecule has 0 aliphatic heterocycles. The van der Waals surface area contributed by atoms with E-state index in [4.69, 9.17) is 12.2 Å². The van der Waals surface area contributed by atoms with Crippen molar-refractivity contribution in [3.63, 3.8) is 0 Å². The number of halogens is 3. The third-order valence-electron chi connectivity index (χ3n) is 3.15. The summed E-state index contributed by atoms with van der Waals surface area (Å²) in [6, 6.07) is 6.84. The standard InChI is InChI=1S/C14H9F3N2S/c1-7-3-2-4-9(16)12(7)19-13-10(18-14(19)20)6-5-8(15)11(13)17/h2-6H,1H3,(H,18,20). The van der Waals surface area contributed by atoms with Crippen molar-refractivity contribution in [1.29, 1.82) is 0 Å². The van der Waals surface area contributed by atoms with Gasteiger partial charge >= 0.3 is 0 Å². The molecule has 102 valence electrons. The second-order valence-electron chi connectivity index (χ2n) is 4.43. The Balaban J connectivity index is 2.52. The number of para-hydroxylation sites is 1. The number of H-pyrrole nitrogens is 1. The number of nitrogens with zero attached hydrogens (tertiary/aromatic N) is 1. The van der Waals surface area contributed by atoms with Crippen LogP contribution in [0.25, 0.3) is 16.7 Å². The summed E-state index contributed by atoms with van der Waals surface area (Å²) in [5.41, 5.74) is 0.915. The van der Waals surface area contributed by atoms with Crippen molar-refractivity contribution in [3.05, 3.63) is 58.1 Å². The number of aromatic amines is 1. The van der Waals surface area contributed by atoms with E-state index in [1.54, 1.807) is 19.1 Å². The molecule has 0 saturated heterocycles. The van der Waals surface area contributed by atoms with Crippen LogP contribution in [0.3, 0.4) is 0 Å². The van der Waals surface area contributed by atoms with Crippen molar-refractivity contribution in [2.45, 2.75) is 6.92 Å². The zero-order valence-electron chi connectivity index (χ0n) is 10.4. The van der Waals surface area contributed by atoms with E-state index in [1.807, 2.05) is 0 Å². The van der Waals surface area contributed by atoms with Crippen molar-refractivity contribution in [2.24, 2.45) is 0 Å². The Hall–Kier alpha value is -2.08. The Labute approximate surface area is 117 Å². The predicted octanol–water partition coefficient (Wildman–Crippen LogP) is 4.41. The molecule has 2 aromatic carbocycles. The molecule has 0 atom stereocenters. The lowest BCUT2D eigenvalue weighted by Crippen LogP contribution is -2.02. The van der Waals surface area contributed by atoms with Crippen LogP contribution in [0.4, 0.5) is 13.2 Å². The highest BCUT2D eigenvalue weighted by Crippen LogP contribution is 2.27. The van der Waals surface area contributed by atoms with Gasteiger partial charge in [-0.25, -0.2) is 13.2 Å². The van der Waals surface area contributed by atoms with Gasteiger partial charge in [0.15, 0.2) is 16.4 Å². The van der Waals surface area contributed by atoms with Gasteiger partial charge in [0.05, 0.1) is 11.2 Å². The predicted molar refractivity (Wildman–Crippen MR) is 73.1 cm³/mol. The minimum absolute atomic E-state index is 0.0943. The molecular weight excluding hydrogens is 285 g/mol. The van der Waals surface area contributed by atoms with Crippen LogP contribution in [-0.4, -0.2) is 9.55 Å². The SMILES string of the molecule is Cc1cccc(F)c1-n1c(=S)[nH]c2ccc(F)c(F)c21. The number of aryl methyl sites for hydroxylation is 1. The lowest BCUT2D eigenvalue weighted by Gasteiger charge is -2.10. The molecule has 1 N–H and O–H groups in total. The fourth-order valence-electron chi connectivity index (χ4n) is 2.25. The maximum Gasteiger partial charge on any atom is 0.184 e. The largest absolute Gasteiger partial charge is 0.330 e. The summed E-state index contributed by atoms with van der Waals surface area (Å²) >= 11 is 5.11. The maximum atomic E-state index is 14.1. The van der Waals surface area contributed by atoms with Crippen LogP contribution >= 0.6 is 12.2 Å². The monoisotopic (exact) mass is 294 g/mol. The topological polar surface area (TPSA) is 20.7 Å². The molecule has 0 spiro atoms. The first kappa shape index (κ1) is 12.9. The van der Waals surface area contributed by atoms with Gasteiger partial charge in [-0.05, 0) is 42.9 Å². The van der Waals surface area contributed by atoms with E-state index in [0.29, 0.717) is 11.1 Å². The molecule has 0 fully saturated rings. The average Bonchev–Trinajstić information content (AvgIpc) is 2.72. The van der Waals surface area contributed by atoms with Crippen molar-refractivity contribution >= 4 is 23.3 Å². The van der Waals surface area contributed by atoms with Gasteiger partial charge < -0.3 is 4.98 Å². The highest BCUT2D eigenvalue weighted by Gasteiger charge is 2.18. The van der Waals surface area contributed by atoms with Crippen LogP contribution in [0.15, 0.2) is 30.3 Å². The third kappa shape index (κ3) is 1.76. The molecule has 0 bridgehead atoms. The minimum atomic E-state index is -1.06. The zero-order valence-corrected chi connectivity index (χ0v) is 11.2. The molecule has 0 amide bonds. The second kappa shape index (κ2) is 4.49. The van der Waals surface area contributed by atoms with E-state index < -0.39 is 17.5 Å². The number of imidazole rings is 1. The summed E-state index contributed by atoms with van der Waals surface area (Å²) in [5, 5.41) is 0. The highest BCUT2D eigenvalue weighted by molar-refractivity contribution is 7.71. The van der Waals surface area contributed by atoms with Gasteiger partial charge in [0.1, 0.15) is 11.3 Å². The summed E-state index contributed by atoms with van der Waals surface area (Å²) in [6.07, 6.45) is 0. The molecule has 3 rings (SSSR count). The Morgan fingerprint density at radius 3 is 2.50 bits per heavy atom. The van der Waals surface area contributed by atoms with Gasteiger partial charge in [-0.2, -0.15) is 0 Å². The maximum absolute atomic E-state index is 14.1. The first-order valence-corrected chi connectivity index (χ1v) is 6.25. The van der Waals surface area contributed by atoms with E-state index in [0.717, 1.165) is 6.07 Å². The van der Waals surface area contributed by atoms with Crippen molar-refractivity contribution in [1.82, 2.24) is 9.55 Å². The summed E-state index contributed by atoms with van der Waals surface area (Å²) < 4.78 is 42.8. The number of rotatable bonds is 1. The molecule has 6 heteroatoms. The molecule has 20 heavy (non-hydrogen) atoms. The quantitative estimate of drug-likeness (QED) is 0.659. The molecule has 0 saturated carbocycles. The van der Waals surface area contributed by atoms with Gasteiger partial charge in [0.2, 0.25) is 0 Å². The minimum Gasteiger partial charge on any atom is -0.330 e. The molecule has 0 unspecified atom stereocenters. The molecule has 2 nitrogen and oxygen atoms in total. The third-order valence-corrected chi connectivity index (χ3v) is 3.43. The molecule has 1 aromatic heterocycles. The number of nitrogens with one attached hydrogen (secondary N) is 1. The van der Waals surface area contributed by atoms with Crippen molar-refractivity contribution in [3.8, 4) is 5.69 Å². The van der Waals surface area contributed by atoms with Crippen molar-refractivity contribution < 1.29 is 13.2 Å². The molecule has 3 aromatic rings. The molecule has 0 radical (unpaired) electrons. The number of aromatic nitrogens is 2. The van der Waals surface area contributed by atoms with Crippen LogP contribution in [0.1, 0.15) is 5.56 Å². The summed E-state index contributed by atoms with van der Waals surface area (Å²) in [6.45, 7) is 1.68. The van der Waals surface area contributed by atoms with E-state index in [1.165, 1.54) is 16.7 Å². The van der Waals surface area contributed by atoms with Gasteiger partial charge in [0, 0.05) is 0 Å². The van der Waals surface area contributed by atoms with Gasteiger partial charge in [-0.1, -0.05) is 12.1 Å². The van der Waals surface area contributed by atoms with Crippen LogP contribution in [0.2, 0.25) is 0 Å². The highest BCUT2D eigenvalue weighted by atomic mass is 32.1. The van der Waals surface area contributed by atoms with E-state index >= 15 is 0 Å². The summed E-state index contributed by atoms with van der Waals surface area (Å²) in [5.74, 6) is -2.61. The van der Waals surface area contributed by atoms with Crippen LogP contribution in [-0.2, 0) is 0 Å². The van der Waals surface area contributed by atoms with Crippen LogP contribution in [0, 0.1) is 29.1 Å². The lowest BCUT2D eigenvalue weighted by molar-refractivity contribution is 0.514. The molecule has 0 aliphatic carbocycles. The van der Waals surface area contributed by atoms with Crippen molar-refractivity contribution in [2.75, 3.05) is 0 Å². The summed E-state index contributed by atoms with van der Waals surface area (Å²) in [4.78, 5) is 2.75. The number of hydrogen-bond donors (Lipinski definition) is 1. The smallest absolute Gasteiger partial charge is 0.184 e. The van der Waals surface area contributed by atoms with Crippen LogP contribution in [0.5, 0.6) is 0 Å². The fourth-order valence-corrected chi connectivity index (χ4v) is 2.54. The Morgan fingerprint density at radius 1 is 1.05 bits per heavy atom. The van der Waals surface area contributed by atoms with Crippen LogP contribution < -0.4 is 0 Å². The second-order valence-corrected chi connectivity index (χ2v) is 4.82. The number of fused-ring (bicyclic) bond motifs is 1.